The second-order valence-electron chi connectivity index (χ2n) is 6.13. The molecule has 0 bridgehead atoms. The number of hydrogen-bond donors (Lipinski definition) is 1. The first-order valence-electron chi connectivity index (χ1n) is 7.70. The van der Waals surface area contributed by atoms with Gasteiger partial charge in [-0.3, -0.25) is 0 Å². The molecular formula is C16H30OSSi. The van der Waals surface area contributed by atoms with E-state index in [0.29, 0.717) is 11.7 Å². The molecule has 0 aromatic heterocycles. The topological polar surface area (TPSA) is 20.2 Å². The summed E-state index contributed by atoms with van der Waals surface area (Å²) in [6.07, 6.45) is 12.2. The molecule has 0 fully saturated rings. The Morgan fingerprint density at radius 3 is 2.74 bits per heavy atom. The van der Waals surface area contributed by atoms with Crippen molar-refractivity contribution in [1.82, 2.24) is 0 Å². The highest BCUT2D eigenvalue weighted by atomic mass is 32.4. The largest absolute Gasteiger partial charge is 0.512 e. The second kappa shape index (κ2) is 8.20. The van der Waals surface area contributed by atoms with Crippen LogP contribution in [0.5, 0.6) is 0 Å². The quantitative estimate of drug-likeness (QED) is 0.484. The summed E-state index contributed by atoms with van der Waals surface area (Å²) in [4.78, 5) is 0. The number of hydrogen-bond acceptors (Lipinski definition) is 2. The fourth-order valence-corrected chi connectivity index (χ4v) is 5.49. The van der Waals surface area contributed by atoms with Gasteiger partial charge in [0, 0.05) is 5.41 Å². The van der Waals surface area contributed by atoms with Crippen LogP contribution < -0.4 is 0 Å². The Kier molecular flexibility index (Phi) is 7.30. The summed E-state index contributed by atoms with van der Waals surface area (Å²) < 4.78 is 0. The molecule has 3 heteroatoms. The van der Waals surface area contributed by atoms with E-state index >= 15 is 0 Å². The molecule has 1 aliphatic rings. The number of unbranched alkanes of at least 4 members (excludes halogenated alkanes) is 1. The molecule has 1 nitrogen and oxygen atoms in total. The lowest BCUT2D eigenvalue weighted by molar-refractivity contribution is 0.154. The van der Waals surface area contributed by atoms with Gasteiger partial charge in [0.25, 0.3) is 0 Å². The average molecular weight is 299 g/mol. The van der Waals surface area contributed by atoms with E-state index in [1.807, 2.05) is 12.2 Å². The summed E-state index contributed by atoms with van der Waals surface area (Å²) in [5.74, 6) is 2.40. The first-order chi connectivity index (χ1) is 9.00. The van der Waals surface area contributed by atoms with E-state index in [9.17, 15) is 5.11 Å². The summed E-state index contributed by atoms with van der Waals surface area (Å²) in [5.41, 5.74) is -0.0231. The summed E-state index contributed by atoms with van der Waals surface area (Å²) >= 11 is 2.18. The highest BCUT2D eigenvalue weighted by molar-refractivity contribution is 8.25. The molecule has 0 amide bonds. The van der Waals surface area contributed by atoms with E-state index in [1.165, 1.54) is 31.4 Å². The summed E-state index contributed by atoms with van der Waals surface area (Å²) in [6, 6.07) is 0. The van der Waals surface area contributed by atoms with Gasteiger partial charge in [0.1, 0.15) is 0 Å². The third-order valence-corrected chi connectivity index (χ3v) is 8.06. The smallest absolute Gasteiger partial charge is 0.0987 e. The standard InChI is InChI=1S/C16H30OSSi/c1-5-6-12-16(2)14(9-7-11-15(16)17)10-8-13-18-19(3)4/h7,9,11,14,17,19H,5-6,8,10,12-13H2,1-4H3. The van der Waals surface area contributed by atoms with Crippen molar-refractivity contribution in [2.45, 2.75) is 59.0 Å². The van der Waals surface area contributed by atoms with Crippen molar-refractivity contribution in [2.24, 2.45) is 11.3 Å². The number of allylic oxidation sites excluding steroid dienone is 4. The maximum Gasteiger partial charge on any atom is 0.0987 e. The predicted molar refractivity (Wildman–Crippen MR) is 91.5 cm³/mol. The van der Waals surface area contributed by atoms with Gasteiger partial charge in [0.05, 0.1) is 13.7 Å². The first kappa shape index (κ1) is 16.9. The molecule has 0 saturated carbocycles. The molecule has 110 valence electrons. The van der Waals surface area contributed by atoms with Gasteiger partial charge in [-0.25, -0.2) is 0 Å². The molecule has 0 spiro atoms. The minimum Gasteiger partial charge on any atom is -0.512 e. The molecule has 2 unspecified atom stereocenters. The second-order valence-corrected chi connectivity index (χ2v) is 12.8. The molecule has 0 heterocycles. The van der Waals surface area contributed by atoms with Gasteiger partial charge >= 0.3 is 0 Å². The number of rotatable bonds is 8. The van der Waals surface area contributed by atoms with Crippen molar-refractivity contribution in [3.05, 3.63) is 24.0 Å². The van der Waals surface area contributed by atoms with Crippen molar-refractivity contribution >= 4 is 19.2 Å². The molecule has 0 aromatic rings. The molecule has 1 aliphatic carbocycles. The van der Waals surface area contributed by atoms with Crippen LogP contribution in [0.4, 0.5) is 0 Å². The maximum atomic E-state index is 10.3. The zero-order valence-electron chi connectivity index (χ0n) is 13.0. The molecule has 0 aliphatic heterocycles. The third-order valence-electron chi connectivity index (χ3n) is 4.16. The van der Waals surface area contributed by atoms with Gasteiger partial charge in [-0.15, -0.1) is 0 Å². The molecule has 2 atom stereocenters. The van der Waals surface area contributed by atoms with E-state index in [-0.39, 0.29) is 5.41 Å². The lowest BCUT2D eigenvalue weighted by Gasteiger charge is -2.38. The van der Waals surface area contributed by atoms with Crippen LogP contribution in [0.1, 0.15) is 46.0 Å². The van der Waals surface area contributed by atoms with Crippen molar-refractivity contribution < 1.29 is 5.11 Å². The highest BCUT2D eigenvalue weighted by Gasteiger charge is 2.36. The van der Waals surface area contributed by atoms with Crippen LogP contribution in [0.25, 0.3) is 0 Å². The molecule has 1 rings (SSSR count). The van der Waals surface area contributed by atoms with Crippen LogP contribution in [-0.4, -0.2) is 18.8 Å². The monoisotopic (exact) mass is 298 g/mol. The van der Waals surface area contributed by atoms with Gasteiger partial charge in [0.2, 0.25) is 0 Å². The molecule has 19 heavy (non-hydrogen) atoms. The van der Waals surface area contributed by atoms with Gasteiger partial charge in [0.15, 0.2) is 0 Å². The van der Waals surface area contributed by atoms with Crippen molar-refractivity contribution in [3.63, 3.8) is 0 Å². The Hall–Kier alpha value is -0.153. The Morgan fingerprint density at radius 2 is 2.11 bits per heavy atom. The van der Waals surface area contributed by atoms with Crippen LogP contribution in [0.2, 0.25) is 13.1 Å². The Bertz CT molecular complexity index is 325. The Labute approximate surface area is 124 Å². The SMILES string of the molecule is CCCCC1(C)C(O)=CC=CC1CCCS[SiH](C)C. The summed E-state index contributed by atoms with van der Waals surface area (Å²) in [5, 5.41) is 10.3. The maximum absolute atomic E-state index is 10.3. The zero-order valence-corrected chi connectivity index (χ0v) is 15.0. The fraction of sp³-hybridized carbons (Fsp3) is 0.750. The molecule has 0 radical (unpaired) electrons. The Balaban J connectivity index is 2.53. The fourth-order valence-electron chi connectivity index (χ4n) is 2.77. The van der Waals surface area contributed by atoms with Crippen LogP contribution in [0.15, 0.2) is 24.0 Å². The summed E-state index contributed by atoms with van der Waals surface area (Å²) in [7, 11) is -0.471. The number of aliphatic hydroxyl groups is 1. The van der Waals surface area contributed by atoms with Gasteiger partial charge in [-0.05, 0) is 37.0 Å². The van der Waals surface area contributed by atoms with E-state index in [2.05, 4.69) is 44.2 Å². The highest BCUT2D eigenvalue weighted by Crippen LogP contribution is 2.44. The van der Waals surface area contributed by atoms with E-state index in [4.69, 9.17) is 0 Å². The lowest BCUT2D eigenvalue weighted by Crippen LogP contribution is -2.30. The minimum absolute atomic E-state index is 0.0231. The summed E-state index contributed by atoms with van der Waals surface area (Å²) in [6.45, 7) is 9.25. The van der Waals surface area contributed by atoms with Crippen LogP contribution in [0.3, 0.4) is 0 Å². The van der Waals surface area contributed by atoms with Crippen LogP contribution in [-0.2, 0) is 0 Å². The van der Waals surface area contributed by atoms with Crippen LogP contribution in [0, 0.1) is 11.3 Å². The van der Waals surface area contributed by atoms with E-state index < -0.39 is 7.95 Å². The van der Waals surface area contributed by atoms with Crippen molar-refractivity contribution in [2.75, 3.05) is 5.75 Å². The van der Waals surface area contributed by atoms with Crippen LogP contribution >= 0.6 is 11.2 Å². The predicted octanol–water partition coefficient (Wildman–Crippen LogP) is 5.31. The first-order valence-corrected chi connectivity index (χ1v) is 12.5. The van der Waals surface area contributed by atoms with E-state index in [0.717, 1.165) is 6.42 Å². The van der Waals surface area contributed by atoms with E-state index in [1.54, 1.807) is 0 Å². The van der Waals surface area contributed by atoms with Gasteiger partial charge in [-0.2, -0.15) is 11.2 Å². The Morgan fingerprint density at radius 1 is 1.37 bits per heavy atom. The van der Waals surface area contributed by atoms with Gasteiger partial charge < -0.3 is 5.11 Å². The molecule has 1 N–H and O–H groups in total. The normalized spacial score (nSPS) is 26.8. The number of aliphatic hydroxyl groups excluding tert-OH is 1. The molecule has 0 aromatic carbocycles. The third kappa shape index (κ3) is 5.03. The molecular weight excluding hydrogens is 268 g/mol. The lowest BCUT2D eigenvalue weighted by atomic mass is 9.68. The minimum atomic E-state index is -0.471. The zero-order chi connectivity index (χ0) is 14.3. The van der Waals surface area contributed by atoms with Gasteiger partial charge in [-0.1, -0.05) is 51.9 Å². The van der Waals surface area contributed by atoms with Crippen molar-refractivity contribution in [1.29, 1.82) is 0 Å². The van der Waals surface area contributed by atoms with Crippen molar-refractivity contribution in [3.8, 4) is 0 Å². The molecule has 0 saturated heterocycles. The average Bonchev–Trinajstić information content (AvgIpc) is 2.37.